The van der Waals surface area contributed by atoms with Gasteiger partial charge in [0.15, 0.2) is 11.6 Å². The van der Waals surface area contributed by atoms with Crippen LogP contribution >= 0.6 is 11.6 Å². The number of rotatable bonds is 3. The zero-order valence-corrected chi connectivity index (χ0v) is 11.1. The Morgan fingerprint density at radius 3 is 2.43 bits per heavy atom. The lowest BCUT2D eigenvalue weighted by Gasteiger charge is -2.10. The van der Waals surface area contributed by atoms with Crippen molar-refractivity contribution in [2.75, 3.05) is 5.32 Å². The molecule has 0 radical (unpaired) electrons. The predicted octanol–water partition coefficient (Wildman–Crippen LogP) is 3.57. The molecule has 0 aliphatic rings. The number of carboxylic acids is 1. The highest BCUT2D eigenvalue weighted by atomic mass is 35.5. The summed E-state index contributed by atoms with van der Waals surface area (Å²) in [4.78, 5) is 23.0. The lowest BCUT2D eigenvalue weighted by molar-refractivity contribution is 0.0698. The quantitative estimate of drug-likeness (QED) is 0.910. The average molecular weight is 312 g/mol. The van der Waals surface area contributed by atoms with Crippen LogP contribution in [0, 0.1) is 11.6 Å². The highest BCUT2D eigenvalue weighted by Gasteiger charge is 2.19. The van der Waals surface area contributed by atoms with Gasteiger partial charge in [-0.3, -0.25) is 4.79 Å². The van der Waals surface area contributed by atoms with E-state index in [9.17, 15) is 18.4 Å². The summed E-state index contributed by atoms with van der Waals surface area (Å²) in [7, 11) is 0. The number of nitrogens with one attached hydrogen (secondary N) is 1. The predicted molar refractivity (Wildman–Crippen MR) is 72.7 cm³/mol. The fourth-order valence-electron chi connectivity index (χ4n) is 1.71. The van der Waals surface area contributed by atoms with Gasteiger partial charge < -0.3 is 10.4 Å². The summed E-state index contributed by atoms with van der Waals surface area (Å²) in [6.45, 7) is 0. The molecule has 0 aliphatic carbocycles. The molecule has 0 aliphatic heterocycles. The summed E-state index contributed by atoms with van der Waals surface area (Å²) in [5, 5.41) is 11.2. The van der Waals surface area contributed by atoms with Crippen molar-refractivity contribution >= 4 is 29.2 Å². The fourth-order valence-corrected chi connectivity index (χ4v) is 1.97. The van der Waals surface area contributed by atoms with Crippen molar-refractivity contribution in [2.45, 2.75) is 0 Å². The van der Waals surface area contributed by atoms with Crippen LogP contribution in [0.15, 0.2) is 36.4 Å². The molecular weight excluding hydrogens is 304 g/mol. The molecule has 4 nitrogen and oxygen atoms in total. The number of aromatic carboxylic acids is 1. The Kier molecular flexibility index (Phi) is 4.18. The molecule has 0 bridgehead atoms. The molecule has 0 saturated heterocycles. The third kappa shape index (κ3) is 3.00. The van der Waals surface area contributed by atoms with Crippen molar-refractivity contribution in [2.24, 2.45) is 0 Å². The highest BCUT2D eigenvalue weighted by molar-refractivity contribution is 6.34. The number of carbonyl (C=O) groups excluding carboxylic acids is 1. The van der Waals surface area contributed by atoms with Gasteiger partial charge in [0.2, 0.25) is 0 Å². The topological polar surface area (TPSA) is 66.4 Å². The van der Waals surface area contributed by atoms with Gasteiger partial charge in [-0.05, 0) is 24.3 Å². The fraction of sp³-hybridized carbons (Fsp3) is 0. The number of amides is 1. The number of carboxylic acid groups (broad SMARTS) is 1. The molecule has 0 heterocycles. The van der Waals surface area contributed by atoms with Crippen molar-refractivity contribution in [1.29, 1.82) is 0 Å². The standard InChI is InChI=1S/C14H8ClF2NO3/c15-8-4-2-6-10(11(8)14(20)21)18-13(19)7-3-1-5-9(16)12(7)17/h1-6H,(H,18,19)(H,20,21). The van der Waals surface area contributed by atoms with Crippen LogP contribution in [0.4, 0.5) is 14.5 Å². The maximum Gasteiger partial charge on any atom is 0.339 e. The third-order valence-electron chi connectivity index (χ3n) is 2.67. The van der Waals surface area contributed by atoms with Crippen LogP contribution in [-0.2, 0) is 0 Å². The summed E-state index contributed by atoms with van der Waals surface area (Å²) >= 11 is 5.74. The van der Waals surface area contributed by atoms with E-state index in [1.54, 1.807) is 0 Å². The van der Waals surface area contributed by atoms with Crippen LogP contribution < -0.4 is 5.32 Å². The van der Waals surface area contributed by atoms with Crippen LogP contribution in [0.1, 0.15) is 20.7 Å². The van der Waals surface area contributed by atoms with E-state index in [1.807, 2.05) is 0 Å². The number of benzene rings is 2. The number of hydrogen-bond donors (Lipinski definition) is 2. The average Bonchev–Trinajstić information content (AvgIpc) is 2.41. The normalized spacial score (nSPS) is 10.2. The van der Waals surface area contributed by atoms with E-state index in [4.69, 9.17) is 16.7 Å². The Bertz CT molecular complexity index is 734. The first-order valence-electron chi connectivity index (χ1n) is 5.69. The molecule has 2 aromatic rings. The first-order chi connectivity index (χ1) is 9.91. The largest absolute Gasteiger partial charge is 0.478 e. The van der Waals surface area contributed by atoms with E-state index in [0.717, 1.165) is 12.1 Å². The van der Waals surface area contributed by atoms with Gasteiger partial charge in [0.05, 0.1) is 16.3 Å². The molecule has 2 rings (SSSR count). The van der Waals surface area contributed by atoms with Crippen molar-refractivity contribution in [1.82, 2.24) is 0 Å². The van der Waals surface area contributed by atoms with Crippen LogP contribution in [0.2, 0.25) is 5.02 Å². The maximum atomic E-state index is 13.5. The lowest BCUT2D eigenvalue weighted by Crippen LogP contribution is -2.17. The molecule has 0 atom stereocenters. The van der Waals surface area contributed by atoms with Crippen molar-refractivity contribution in [3.05, 3.63) is 64.2 Å². The van der Waals surface area contributed by atoms with Gasteiger partial charge in [0.1, 0.15) is 5.56 Å². The Labute approximate surface area is 123 Å². The molecule has 0 saturated carbocycles. The van der Waals surface area contributed by atoms with Crippen molar-refractivity contribution < 1.29 is 23.5 Å². The second kappa shape index (κ2) is 5.88. The zero-order valence-electron chi connectivity index (χ0n) is 10.4. The van der Waals surface area contributed by atoms with E-state index < -0.39 is 29.1 Å². The molecule has 2 aromatic carbocycles. The second-order valence-electron chi connectivity index (χ2n) is 4.02. The summed E-state index contributed by atoms with van der Waals surface area (Å²) in [6, 6.07) is 7.18. The van der Waals surface area contributed by atoms with Gasteiger partial charge in [-0.15, -0.1) is 0 Å². The minimum atomic E-state index is -1.35. The maximum absolute atomic E-state index is 13.5. The molecule has 21 heavy (non-hydrogen) atoms. The SMILES string of the molecule is O=C(Nc1cccc(Cl)c1C(=O)O)c1cccc(F)c1F. The van der Waals surface area contributed by atoms with Crippen LogP contribution in [0.25, 0.3) is 0 Å². The van der Waals surface area contributed by atoms with Crippen molar-refractivity contribution in [3.8, 4) is 0 Å². The van der Waals surface area contributed by atoms with E-state index >= 15 is 0 Å². The summed E-state index contributed by atoms with van der Waals surface area (Å²) in [6.07, 6.45) is 0. The number of halogens is 3. The van der Waals surface area contributed by atoms with Gasteiger partial charge in [0, 0.05) is 0 Å². The molecule has 0 aromatic heterocycles. The third-order valence-corrected chi connectivity index (χ3v) is 2.99. The Hall–Kier alpha value is -2.47. The van der Waals surface area contributed by atoms with E-state index in [0.29, 0.717) is 0 Å². The Balaban J connectivity index is 2.39. The smallest absolute Gasteiger partial charge is 0.339 e. The highest BCUT2D eigenvalue weighted by Crippen LogP contribution is 2.25. The minimum Gasteiger partial charge on any atom is -0.478 e. The molecule has 0 unspecified atom stereocenters. The number of anilines is 1. The zero-order chi connectivity index (χ0) is 15.6. The molecular formula is C14H8ClF2NO3. The minimum absolute atomic E-state index is 0.0833. The first kappa shape index (κ1) is 14.9. The number of hydrogen-bond acceptors (Lipinski definition) is 2. The molecule has 108 valence electrons. The van der Waals surface area contributed by atoms with E-state index in [1.165, 1.54) is 24.3 Å². The molecule has 2 N–H and O–H groups in total. The summed E-state index contributed by atoms with van der Waals surface area (Å²) in [5.41, 5.74) is -0.973. The van der Waals surface area contributed by atoms with Gasteiger partial charge in [-0.2, -0.15) is 0 Å². The molecule has 0 fully saturated rings. The second-order valence-corrected chi connectivity index (χ2v) is 4.43. The molecule has 7 heteroatoms. The van der Waals surface area contributed by atoms with Gasteiger partial charge in [0.25, 0.3) is 5.91 Å². The summed E-state index contributed by atoms with van der Waals surface area (Å²) in [5.74, 6) is -4.81. The van der Waals surface area contributed by atoms with Gasteiger partial charge >= 0.3 is 5.97 Å². The van der Waals surface area contributed by atoms with Crippen molar-refractivity contribution in [3.63, 3.8) is 0 Å². The molecule has 0 spiro atoms. The van der Waals surface area contributed by atoms with Gasteiger partial charge in [-0.25, -0.2) is 13.6 Å². The van der Waals surface area contributed by atoms with Crippen LogP contribution in [0.3, 0.4) is 0 Å². The first-order valence-corrected chi connectivity index (χ1v) is 6.06. The molecule has 1 amide bonds. The lowest BCUT2D eigenvalue weighted by atomic mass is 10.1. The summed E-state index contributed by atoms with van der Waals surface area (Å²) < 4.78 is 26.6. The Morgan fingerprint density at radius 2 is 1.76 bits per heavy atom. The van der Waals surface area contributed by atoms with Gasteiger partial charge in [-0.1, -0.05) is 23.7 Å². The number of carbonyl (C=O) groups is 2. The van der Waals surface area contributed by atoms with Crippen LogP contribution in [-0.4, -0.2) is 17.0 Å². The Morgan fingerprint density at radius 1 is 1.10 bits per heavy atom. The van der Waals surface area contributed by atoms with E-state index in [-0.39, 0.29) is 16.3 Å². The van der Waals surface area contributed by atoms with Crippen LogP contribution in [0.5, 0.6) is 0 Å². The monoisotopic (exact) mass is 311 g/mol. The van der Waals surface area contributed by atoms with E-state index in [2.05, 4.69) is 5.32 Å².